The van der Waals surface area contributed by atoms with E-state index in [2.05, 4.69) is 165 Å². The van der Waals surface area contributed by atoms with E-state index in [0.717, 1.165) is 29.1 Å². The number of allylic oxidation sites excluding steroid dienone is 3. The topological polar surface area (TPSA) is 15.3 Å². The van der Waals surface area contributed by atoms with Crippen LogP contribution in [0.25, 0.3) is 22.9 Å². The third-order valence-corrected chi connectivity index (χ3v) is 9.55. The Balaban J connectivity index is 1.25. The van der Waals surface area contributed by atoms with Gasteiger partial charge in [-0.1, -0.05) is 124 Å². The number of nitrogens with zero attached hydrogens (tertiary/aromatic N) is 1. The molecule has 2 nitrogen and oxygen atoms in total. The Morgan fingerprint density at radius 3 is 2.20 bits per heavy atom. The van der Waals surface area contributed by atoms with Gasteiger partial charge in [0.25, 0.3) is 0 Å². The van der Waals surface area contributed by atoms with E-state index in [0.29, 0.717) is 11.8 Å². The highest BCUT2D eigenvalue weighted by molar-refractivity contribution is 5.86. The van der Waals surface area contributed by atoms with E-state index < -0.39 is 0 Å². The zero-order chi connectivity index (χ0) is 30.3. The lowest BCUT2D eigenvalue weighted by atomic mass is 9.74. The van der Waals surface area contributed by atoms with Gasteiger partial charge in [0, 0.05) is 35.2 Å². The van der Waals surface area contributed by atoms with Crippen LogP contribution in [0.5, 0.6) is 0 Å². The first-order valence-electron chi connectivity index (χ1n) is 15.5. The number of anilines is 3. The molecule has 0 aliphatic heterocycles. The molecule has 0 amide bonds. The number of hydrogen-bond donors (Lipinski definition) is 1. The smallest absolute Gasteiger partial charge is 0.0487 e. The largest absolute Gasteiger partial charge is 0.356 e. The van der Waals surface area contributed by atoms with Gasteiger partial charge in [0.05, 0.1) is 0 Å². The summed E-state index contributed by atoms with van der Waals surface area (Å²) < 4.78 is 0. The Hall–Kier alpha value is -5.08. The molecule has 1 N–H and O–H groups in total. The highest BCUT2D eigenvalue weighted by Crippen LogP contribution is 2.54. The van der Waals surface area contributed by atoms with E-state index in [1.54, 1.807) is 0 Å². The first-order chi connectivity index (χ1) is 21.4. The summed E-state index contributed by atoms with van der Waals surface area (Å²) in [5.41, 5.74) is 11.0. The minimum absolute atomic E-state index is 0.0296. The summed E-state index contributed by atoms with van der Waals surface area (Å²) in [7, 11) is 0. The van der Waals surface area contributed by atoms with Crippen molar-refractivity contribution in [1.82, 2.24) is 0 Å². The fourth-order valence-electron chi connectivity index (χ4n) is 7.05. The molecular weight excluding hydrogens is 532 g/mol. The maximum atomic E-state index is 3.96. The number of nitrogens with one attached hydrogen (secondary N) is 1. The van der Waals surface area contributed by atoms with E-state index >= 15 is 0 Å². The van der Waals surface area contributed by atoms with Gasteiger partial charge in [-0.2, -0.15) is 0 Å². The molecule has 0 bridgehead atoms. The maximum Gasteiger partial charge on any atom is 0.0487 e. The molecule has 0 fully saturated rings. The Kier molecular flexibility index (Phi) is 7.06. The Bertz CT molecular complexity index is 1920. The molecular formula is C42H38N2. The molecule has 0 radical (unpaired) electrons. The van der Waals surface area contributed by atoms with Gasteiger partial charge in [0.1, 0.15) is 0 Å². The van der Waals surface area contributed by atoms with Crippen molar-refractivity contribution in [2.24, 2.45) is 5.92 Å². The Morgan fingerprint density at radius 2 is 1.45 bits per heavy atom. The van der Waals surface area contributed by atoms with E-state index in [4.69, 9.17) is 0 Å². The van der Waals surface area contributed by atoms with Crippen molar-refractivity contribution in [3.8, 4) is 0 Å². The maximum absolute atomic E-state index is 3.96. The van der Waals surface area contributed by atoms with Gasteiger partial charge < -0.3 is 10.2 Å². The quantitative estimate of drug-likeness (QED) is 0.200. The van der Waals surface area contributed by atoms with E-state index in [1.807, 2.05) is 12.2 Å². The second-order valence-electron chi connectivity index (χ2n) is 12.5. The molecule has 2 unspecified atom stereocenters. The van der Waals surface area contributed by atoms with Crippen LogP contribution in [0.3, 0.4) is 0 Å². The second kappa shape index (κ2) is 11.2. The molecule has 216 valence electrons. The molecule has 0 spiro atoms. The molecule has 2 aliphatic carbocycles. The fraction of sp³-hybridized carbons (Fsp3) is 0.143. The summed E-state index contributed by atoms with van der Waals surface area (Å²) in [6, 6.07) is 39.6. The lowest BCUT2D eigenvalue weighted by Gasteiger charge is -2.31. The minimum Gasteiger partial charge on any atom is -0.356 e. The zero-order valence-corrected chi connectivity index (χ0v) is 25.5. The van der Waals surface area contributed by atoms with Crippen molar-refractivity contribution in [3.05, 3.63) is 174 Å². The lowest BCUT2D eigenvalue weighted by Crippen LogP contribution is -2.26. The van der Waals surface area contributed by atoms with Gasteiger partial charge in [-0.15, -0.1) is 0 Å². The predicted octanol–water partition coefficient (Wildman–Crippen LogP) is 11.0. The van der Waals surface area contributed by atoms with E-state index in [-0.39, 0.29) is 5.41 Å². The molecule has 5 aromatic carbocycles. The molecule has 2 heteroatoms. The number of fused-ring (bicyclic) bond motifs is 4. The minimum atomic E-state index is -0.0296. The molecule has 0 saturated carbocycles. The molecule has 2 atom stereocenters. The Morgan fingerprint density at radius 1 is 0.773 bits per heavy atom. The lowest BCUT2D eigenvalue weighted by molar-refractivity contribution is 0.393. The monoisotopic (exact) mass is 570 g/mol. The van der Waals surface area contributed by atoms with Gasteiger partial charge in [-0.25, -0.2) is 0 Å². The van der Waals surface area contributed by atoms with Crippen LogP contribution in [0.1, 0.15) is 47.6 Å². The summed E-state index contributed by atoms with van der Waals surface area (Å²) in [5, 5.41) is 6.20. The van der Waals surface area contributed by atoms with Gasteiger partial charge in [0.15, 0.2) is 0 Å². The fourth-order valence-corrected chi connectivity index (χ4v) is 7.05. The third-order valence-electron chi connectivity index (χ3n) is 9.55. The van der Waals surface area contributed by atoms with Crippen LogP contribution in [0, 0.1) is 5.92 Å². The zero-order valence-electron chi connectivity index (χ0n) is 25.5. The molecule has 0 heterocycles. The van der Waals surface area contributed by atoms with E-state index in [9.17, 15) is 0 Å². The van der Waals surface area contributed by atoms with Crippen molar-refractivity contribution in [2.45, 2.75) is 31.7 Å². The normalized spacial score (nSPS) is 17.8. The van der Waals surface area contributed by atoms with Gasteiger partial charge in [0.2, 0.25) is 0 Å². The second-order valence-corrected chi connectivity index (χ2v) is 12.5. The van der Waals surface area contributed by atoms with Crippen molar-refractivity contribution in [1.29, 1.82) is 0 Å². The van der Waals surface area contributed by atoms with Crippen molar-refractivity contribution >= 4 is 40.0 Å². The molecule has 0 saturated heterocycles. The highest BCUT2D eigenvalue weighted by atomic mass is 15.1. The summed E-state index contributed by atoms with van der Waals surface area (Å²) in [4.78, 5) is 2.46. The van der Waals surface area contributed by atoms with Crippen molar-refractivity contribution < 1.29 is 0 Å². The van der Waals surface area contributed by atoms with E-state index in [1.165, 1.54) is 38.8 Å². The Labute approximate surface area is 261 Å². The molecule has 44 heavy (non-hydrogen) atoms. The molecule has 7 rings (SSSR count). The van der Waals surface area contributed by atoms with Crippen LogP contribution in [0.15, 0.2) is 146 Å². The standard InChI is InChI=1S/C42H38N2/c1-5-29-14-18-33(19-15-29)43-34-20-24-38-39-25-23-36(27-41(39)42(3,4)40(38)26-34)44(35-21-16-30(6-2)17-22-35)28-32-12-9-11-31-10-7-8-13-37(31)32/h5-27,38,40,43H,1-2,28H2,3-4H3. The average Bonchev–Trinajstić information content (AvgIpc) is 3.29. The molecule has 2 aliphatic rings. The number of hydrogen-bond acceptors (Lipinski definition) is 2. The number of rotatable bonds is 8. The third kappa shape index (κ3) is 4.97. The summed E-state index contributed by atoms with van der Waals surface area (Å²) in [6.07, 6.45) is 10.8. The van der Waals surface area contributed by atoms with Gasteiger partial charge in [-0.05, 0) is 92.4 Å². The molecule has 0 aromatic heterocycles. The van der Waals surface area contributed by atoms with Gasteiger partial charge >= 0.3 is 0 Å². The molecule has 5 aromatic rings. The van der Waals surface area contributed by atoms with Crippen LogP contribution < -0.4 is 10.2 Å². The van der Waals surface area contributed by atoms with Crippen LogP contribution >= 0.6 is 0 Å². The summed E-state index contributed by atoms with van der Waals surface area (Å²) in [5.74, 6) is 0.729. The van der Waals surface area contributed by atoms with Crippen LogP contribution in [0.4, 0.5) is 17.1 Å². The summed E-state index contributed by atoms with van der Waals surface area (Å²) in [6.45, 7) is 13.4. The predicted molar refractivity (Wildman–Crippen MR) is 189 cm³/mol. The van der Waals surface area contributed by atoms with Crippen molar-refractivity contribution in [2.75, 3.05) is 10.2 Å². The van der Waals surface area contributed by atoms with Crippen LogP contribution in [0.2, 0.25) is 0 Å². The average molecular weight is 571 g/mol. The first kappa shape index (κ1) is 27.7. The highest BCUT2D eigenvalue weighted by Gasteiger charge is 2.45. The first-order valence-corrected chi connectivity index (χ1v) is 15.5. The van der Waals surface area contributed by atoms with Crippen LogP contribution in [-0.2, 0) is 12.0 Å². The van der Waals surface area contributed by atoms with Crippen molar-refractivity contribution in [3.63, 3.8) is 0 Å². The SMILES string of the molecule is C=Cc1ccc(NC2=CC3C(C=C2)c2ccc(N(Cc4cccc5ccccc45)c4ccc(C=C)cc4)cc2C3(C)C)cc1. The number of benzene rings is 5. The summed E-state index contributed by atoms with van der Waals surface area (Å²) >= 11 is 0. The van der Waals surface area contributed by atoms with Gasteiger partial charge in [-0.3, -0.25) is 0 Å². The van der Waals surface area contributed by atoms with Crippen LogP contribution in [-0.4, -0.2) is 0 Å².